The molecule has 32 heavy (non-hydrogen) atoms. The predicted molar refractivity (Wildman–Crippen MR) is 116 cm³/mol. The van der Waals surface area contributed by atoms with Gasteiger partial charge in [0.05, 0.1) is 4.90 Å². The molecule has 1 heterocycles. The number of oxazole rings is 1. The van der Waals surface area contributed by atoms with Crippen molar-refractivity contribution in [3.8, 4) is 28.3 Å². The van der Waals surface area contributed by atoms with E-state index in [1.165, 1.54) is 18.2 Å². The molecule has 0 radical (unpaired) electrons. The molecule has 0 atom stereocenters. The molecule has 0 fully saturated rings. The van der Waals surface area contributed by atoms with Crippen LogP contribution in [-0.2, 0) is 16.6 Å². The Labute approximate surface area is 184 Å². The van der Waals surface area contributed by atoms with Crippen molar-refractivity contribution in [3.05, 3.63) is 90.3 Å². The van der Waals surface area contributed by atoms with Gasteiger partial charge in [0.15, 0.2) is 12.4 Å². The summed E-state index contributed by atoms with van der Waals surface area (Å²) in [4.78, 5) is 15.9. The molecule has 0 amide bonds. The Bertz CT molecular complexity index is 1360. The third-order valence-electron chi connectivity index (χ3n) is 4.63. The van der Waals surface area contributed by atoms with Crippen molar-refractivity contribution in [2.45, 2.75) is 11.5 Å². The fourth-order valence-electron chi connectivity index (χ4n) is 3.12. The van der Waals surface area contributed by atoms with Crippen molar-refractivity contribution < 1.29 is 27.5 Å². The largest absolute Gasteiger partial charge is 0.483 e. The molecule has 9 heteroatoms. The molecule has 0 unspecified atom stereocenters. The Morgan fingerprint density at radius 2 is 1.59 bits per heavy atom. The maximum Gasteiger partial charge on any atom is 0.339 e. The minimum absolute atomic E-state index is 0.0177. The van der Waals surface area contributed by atoms with Crippen LogP contribution in [0.1, 0.15) is 16.2 Å². The van der Waals surface area contributed by atoms with Gasteiger partial charge in [0.1, 0.15) is 17.0 Å². The van der Waals surface area contributed by atoms with Crippen LogP contribution in [0.3, 0.4) is 0 Å². The van der Waals surface area contributed by atoms with Gasteiger partial charge in [-0.3, -0.25) is 0 Å². The number of nitrogens with zero attached hydrogens (tertiary/aromatic N) is 1. The van der Waals surface area contributed by atoms with E-state index in [1.807, 2.05) is 30.3 Å². The van der Waals surface area contributed by atoms with Crippen LogP contribution in [0, 0.1) is 0 Å². The van der Waals surface area contributed by atoms with E-state index in [9.17, 15) is 18.3 Å². The van der Waals surface area contributed by atoms with Gasteiger partial charge in [-0.15, -0.1) is 0 Å². The number of para-hydroxylation sites is 1. The van der Waals surface area contributed by atoms with Gasteiger partial charge in [0, 0.05) is 11.1 Å². The van der Waals surface area contributed by atoms with Crippen molar-refractivity contribution in [1.82, 2.24) is 4.98 Å². The lowest BCUT2D eigenvalue weighted by Crippen LogP contribution is -2.11. The van der Waals surface area contributed by atoms with Crippen LogP contribution in [0.25, 0.3) is 22.6 Å². The summed E-state index contributed by atoms with van der Waals surface area (Å²) < 4.78 is 34.7. The third kappa shape index (κ3) is 4.53. The summed E-state index contributed by atoms with van der Waals surface area (Å²) in [5.74, 6) is -0.260. The van der Waals surface area contributed by atoms with Crippen LogP contribution in [0.15, 0.2) is 88.2 Å². The highest BCUT2D eigenvalue weighted by Crippen LogP contribution is 2.33. The molecule has 1 aromatic heterocycles. The Morgan fingerprint density at radius 1 is 0.938 bits per heavy atom. The van der Waals surface area contributed by atoms with Crippen LogP contribution in [-0.4, -0.2) is 24.5 Å². The van der Waals surface area contributed by atoms with Gasteiger partial charge in [-0.25, -0.2) is 23.3 Å². The van der Waals surface area contributed by atoms with Gasteiger partial charge in [-0.05, 0) is 36.4 Å². The number of sulfonamides is 1. The molecule has 0 spiro atoms. The van der Waals surface area contributed by atoms with E-state index >= 15 is 0 Å². The number of hydrogen-bond donors (Lipinski definition) is 2. The SMILES string of the molecule is NS(=O)(=O)c1ccc(-c2oc(COc3ccccc3C(=O)O)nc2-c2ccccc2)cc1. The van der Waals surface area contributed by atoms with Gasteiger partial charge in [-0.1, -0.05) is 42.5 Å². The summed E-state index contributed by atoms with van der Waals surface area (Å²) in [7, 11) is -3.82. The molecule has 0 saturated carbocycles. The Morgan fingerprint density at radius 3 is 2.25 bits per heavy atom. The van der Waals surface area contributed by atoms with E-state index in [0.29, 0.717) is 17.0 Å². The second kappa shape index (κ2) is 8.66. The fourth-order valence-corrected chi connectivity index (χ4v) is 3.63. The smallest absolute Gasteiger partial charge is 0.339 e. The zero-order valence-corrected chi connectivity index (χ0v) is 17.5. The molecule has 0 saturated heterocycles. The normalized spacial score (nSPS) is 11.3. The Hall–Kier alpha value is -3.95. The first-order chi connectivity index (χ1) is 15.3. The lowest BCUT2D eigenvalue weighted by molar-refractivity contribution is 0.0691. The highest BCUT2D eigenvalue weighted by molar-refractivity contribution is 7.89. The first-order valence-electron chi connectivity index (χ1n) is 9.46. The number of benzene rings is 3. The van der Waals surface area contributed by atoms with Gasteiger partial charge < -0.3 is 14.3 Å². The van der Waals surface area contributed by atoms with Crippen LogP contribution < -0.4 is 9.88 Å². The zero-order valence-electron chi connectivity index (χ0n) is 16.6. The maximum absolute atomic E-state index is 11.6. The summed E-state index contributed by atoms with van der Waals surface area (Å²) >= 11 is 0. The standard InChI is InChI=1S/C23H18N2O6S/c24-32(28,29)17-12-10-16(11-13-17)22-21(15-6-2-1-3-7-15)25-20(31-22)14-30-19-9-5-4-8-18(19)23(26)27/h1-13H,14H2,(H,26,27)(H2,24,28,29). The van der Waals surface area contributed by atoms with E-state index in [4.69, 9.17) is 14.3 Å². The number of hydrogen-bond acceptors (Lipinski definition) is 6. The number of aromatic carboxylic acids is 1. The van der Waals surface area contributed by atoms with Crippen molar-refractivity contribution in [3.63, 3.8) is 0 Å². The van der Waals surface area contributed by atoms with E-state index in [-0.39, 0.29) is 28.7 Å². The minimum atomic E-state index is -3.82. The second-order valence-electron chi connectivity index (χ2n) is 6.81. The molecule has 0 aliphatic heterocycles. The average molecular weight is 450 g/mol. The molecule has 8 nitrogen and oxygen atoms in total. The van der Waals surface area contributed by atoms with E-state index < -0.39 is 16.0 Å². The van der Waals surface area contributed by atoms with Gasteiger partial charge in [0.2, 0.25) is 15.9 Å². The minimum Gasteiger partial charge on any atom is -0.483 e. The van der Waals surface area contributed by atoms with Crippen molar-refractivity contribution in [2.75, 3.05) is 0 Å². The van der Waals surface area contributed by atoms with Gasteiger partial charge in [-0.2, -0.15) is 0 Å². The lowest BCUT2D eigenvalue weighted by Gasteiger charge is -2.06. The second-order valence-corrected chi connectivity index (χ2v) is 8.37. The van der Waals surface area contributed by atoms with Crippen LogP contribution in [0.4, 0.5) is 0 Å². The summed E-state index contributed by atoms with van der Waals surface area (Å²) in [5, 5.41) is 14.5. The maximum atomic E-state index is 11.6. The van der Waals surface area contributed by atoms with Crippen molar-refractivity contribution in [1.29, 1.82) is 0 Å². The number of carbonyl (C=O) groups is 1. The van der Waals surface area contributed by atoms with Crippen LogP contribution in [0.2, 0.25) is 0 Å². The molecule has 3 aromatic carbocycles. The summed E-state index contributed by atoms with van der Waals surface area (Å²) in [6, 6.07) is 21.5. The molecule has 4 aromatic rings. The number of carboxylic acids is 1. The monoisotopic (exact) mass is 450 g/mol. The number of rotatable bonds is 7. The first-order valence-corrected chi connectivity index (χ1v) is 11.0. The van der Waals surface area contributed by atoms with Gasteiger partial charge >= 0.3 is 5.97 Å². The topological polar surface area (TPSA) is 133 Å². The number of primary sulfonamides is 1. The number of nitrogens with two attached hydrogens (primary N) is 1. The van der Waals surface area contributed by atoms with Gasteiger partial charge in [0.25, 0.3) is 0 Å². The highest BCUT2D eigenvalue weighted by atomic mass is 32.2. The molecular weight excluding hydrogens is 432 g/mol. The van der Waals surface area contributed by atoms with E-state index in [1.54, 1.807) is 30.3 Å². The molecule has 0 aliphatic carbocycles. The Kier molecular flexibility index (Phi) is 5.76. The predicted octanol–water partition coefficient (Wildman–Crippen LogP) is 3.93. The molecule has 0 bridgehead atoms. The van der Waals surface area contributed by atoms with Crippen molar-refractivity contribution >= 4 is 16.0 Å². The van der Waals surface area contributed by atoms with E-state index in [2.05, 4.69) is 4.98 Å². The Balaban J connectivity index is 1.70. The number of carboxylic acid groups (broad SMARTS) is 1. The summed E-state index contributed by atoms with van der Waals surface area (Å²) in [6.45, 7) is -0.0978. The highest BCUT2D eigenvalue weighted by Gasteiger charge is 2.19. The van der Waals surface area contributed by atoms with Crippen LogP contribution >= 0.6 is 0 Å². The summed E-state index contributed by atoms with van der Waals surface area (Å²) in [5.41, 5.74) is 1.96. The zero-order chi connectivity index (χ0) is 22.7. The number of ether oxygens (including phenoxy) is 1. The molecule has 162 valence electrons. The average Bonchev–Trinajstić information content (AvgIpc) is 3.22. The van der Waals surface area contributed by atoms with Crippen LogP contribution in [0.5, 0.6) is 5.75 Å². The number of aromatic nitrogens is 1. The quantitative estimate of drug-likeness (QED) is 0.436. The molecule has 3 N–H and O–H groups in total. The molecule has 4 rings (SSSR count). The fraction of sp³-hybridized carbons (Fsp3) is 0.0435. The van der Waals surface area contributed by atoms with E-state index in [0.717, 1.165) is 5.56 Å². The lowest BCUT2D eigenvalue weighted by atomic mass is 10.1. The first kappa shape index (κ1) is 21.3. The third-order valence-corrected chi connectivity index (χ3v) is 5.56. The summed E-state index contributed by atoms with van der Waals surface area (Å²) in [6.07, 6.45) is 0. The molecular formula is C23H18N2O6S. The van der Waals surface area contributed by atoms with Crippen molar-refractivity contribution in [2.24, 2.45) is 5.14 Å². The molecule has 0 aliphatic rings.